The van der Waals surface area contributed by atoms with Crippen molar-refractivity contribution in [3.8, 4) is 11.1 Å². The van der Waals surface area contributed by atoms with Crippen molar-refractivity contribution in [1.82, 2.24) is 9.78 Å². The number of nitrogens with zero attached hydrogens (tertiary/aromatic N) is 2. The van der Waals surface area contributed by atoms with Crippen LogP contribution in [0.3, 0.4) is 0 Å². The lowest BCUT2D eigenvalue weighted by Crippen LogP contribution is -2.05. The maximum absolute atomic E-state index is 6.14. The molecule has 0 atom stereocenters. The monoisotopic (exact) mass is 255 g/mol. The van der Waals surface area contributed by atoms with Gasteiger partial charge in [-0.2, -0.15) is 5.10 Å². The van der Waals surface area contributed by atoms with Gasteiger partial charge in [0.05, 0.1) is 11.9 Å². The standard InChI is InChI=1S/C11H11Cl2N3/c1-16-11(5-14)9(6-15-16)8-3-2-7(12)4-10(8)13/h2-4,6H,5,14H2,1H3. The Morgan fingerprint density at radius 1 is 1.31 bits per heavy atom. The van der Waals surface area contributed by atoms with Crippen LogP contribution in [0.5, 0.6) is 0 Å². The normalized spacial score (nSPS) is 10.8. The molecule has 1 aromatic heterocycles. The summed E-state index contributed by atoms with van der Waals surface area (Å²) < 4.78 is 1.75. The summed E-state index contributed by atoms with van der Waals surface area (Å²) in [5.74, 6) is 0. The Morgan fingerprint density at radius 3 is 2.69 bits per heavy atom. The van der Waals surface area contributed by atoms with Gasteiger partial charge in [-0.15, -0.1) is 0 Å². The maximum Gasteiger partial charge on any atom is 0.0595 e. The molecule has 2 N–H and O–H groups in total. The molecule has 0 fully saturated rings. The summed E-state index contributed by atoms with van der Waals surface area (Å²) in [6, 6.07) is 5.39. The molecule has 0 bridgehead atoms. The molecule has 0 aliphatic carbocycles. The molecule has 0 aliphatic rings. The van der Waals surface area contributed by atoms with E-state index < -0.39 is 0 Å². The fraction of sp³-hybridized carbons (Fsp3) is 0.182. The summed E-state index contributed by atoms with van der Waals surface area (Å²) in [7, 11) is 1.86. The summed E-state index contributed by atoms with van der Waals surface area (Å²) in [6.45, 7) is 0.421. The van der Waals surface area contributed by atoms with Crippen LogP contribution in [0.4, 0.5) is 0 Å². The Kier molecular flexibility index (Phi) is 3.19. The number of aryl methyl sites for hydroxylation is 1. The highest BCUT2D eigenvalue weighted by Gasteiger charge is 2.12. The molecule has 0 saturated carbocycles. The summed E-state index contributed by atoms with van der Waals surface area (Å²) in [6.07, 6.45) is 1.76. The summed E-state index contributed by atoms with van der Waals surface area (Å²) in [5.41, 5.74) is 8.48. The average Bonchev–Trinajstić information content (AvgIpc) is 2.59. The number of nitrogens with two attached hydrogens (primary N) is 1. The highest BCUT2D eigenvalue weighted by atomic mass is 35.5. The topological polar surface area (TPSA) is 43.8 Å². The van der Waals surface area contributed by atoms with Crippen LogP contribution in [0.25, 0.3) is 11.1 Å². The Labute approximate surface area is 104 Å². The van der Waals surface area contributed by atoms with E-state index in [1.807, 2.05) is 13.1 Å². The van der Waals surface area contributed by atoms with Crippen LogP contribution in [-0.4, -0.2) is 9.78 Å². The molecule has 0 aliphatic heterocycles. The third-order valence-corrected chi connectivity index (χ3v) is 3.02. The Balaban J connectivity index is 2.58. The Morgan fingerprint density at radius 2 is 2.06 bits per heavy atom. The van der Waals surface area contributed by atoms with Gasteiger partial charge in [0, 0.05) is 34.8 Å². The van der Waals surface area contributed by atoms with E-state index in [1.165, 1.54) is 0 Å². The van der Waals surface area contributed by atoms with E-state index in [-0.39, 0.29) is 0 Å². The minimum absolute atomic E-state index is 0.421. The van der Waals surface area contributed by atoms with Gasteiger partial charge in [0.2, 0.25) is 0 Å². The van der Waals surface area contributed by atoms with Crippen molar-refractivity contribution in [3.63, 3.8) is 0 Å². The van der Waals surface area contributed by atoms with Crippen LogP contribution in [0.1, 0.15) is 5.69 Å². The lowest BCUT2D eigenvalue weighted by molar-refractivity contribution is 0.713. The van der Waals surface area contributed by atoms with Crippen LogP contribution in [-0.2, 0) is 13.6 Å². The molecule has 0 radical (unpaired) electrons. The second kappa shape index (κ2) is 4.45. The van der Waals surface area contributed by atoms with Gasteiger partial charge in [-0.05, 0) is 12.1 Å². The molecule has 1 aromatic carbocycles. The van der Waals surface area contributed by atoms with Gasteiger partial charge in [0.15, 0.2) is 0 Å². The van der Waals surface area contributed by atoms with Crippen molar-refractivity contribution in [2.24, 2.45) is 12.8 Å². The van der Waals surface area contributed by atoms with Gasteiger partial charge in [-0.1, -0.05) is 29.3 Å². The molecule has 0 spiro atoms. The predicted octanol–water partition coefficient (Wildman–Crippen LogP) is 2.85. The minimum Gasteiger partial charge on any atom is -0.325 e. The van der Waals surface area contributed by atoms with Gasteiger partial charge < -0.3 is 5.73 Å². The second-order valence-corrected chi connectivity index (χ2v) is 4.30. The first-order chi connectivity index (χ1) is 7.63. The fourth-order valence-corrected chi connectivity index (χ4v) is 2.15. The summed E-state index contributed by atoms with van der Waals surface area (Å²) in [5, 5.41) is 5.40. The number of hydrogen-bond acceptors (Lipinski definition) is 2. The Hall–Kier alpha value is -1.03. The van der Waals surface area contributed by atoms with Gasteiger partial charge in [-0.25, -0.2) is 0 Å². The maximum atomic E-state index is 6.14. The number of hydrogen-bond donors (Lipinski definition) is 1. The zero-order valence-corrected chi connectivity index (χ0v) is 10.3. The third kappa shape index (κ3) is 1.94. The van der Waals surface area contributed by atoms with Crippen LogP contribution in [0, 0.1) is 0 Å². The molecule has 16 heavy (non-hydrogen) atoms. The van der Waals surface area contributed by atoms with Crippen molar-refractivity contribution >= 4 is 23.2 Å². The zero-order valence-electron chi connectivity index (χ0n) is 8.74. The van der Waals surface area contributed by atoms with Crippen molar-refractivity contribution < 1.29 is 0 Å². The van der Waals surface area contributed by atoms with Crippen molar-refractivity contribution in [3.05, 3.63) is 40.1 Å². The molecule has 5 heteroatoms. The van der Waals surface area contributed by atoms with E-state index in [4.69, 9.17) is 28.9 Å². The van der Waals surface area contributed by atoms with E-state index in [0.717, 1.165) is 16.8 Å². The highest BCUT2D eigenvalue weighted by Crippen LogP contribution is 2.32. The van der Waals surface area contributed by atoms with Crippen molar-refractivity contribution in [2.45, 2.75) is 6.54 Å². The molecule has 0 saturated heterocycles. The van der Waals surface area contributed by atoms with E-state index >= 15 is 0 Å². The number of benzene rings is 1. The smallest absolute Gasteiger partial charge is 0.0595 e. The van der Waals surface area contributed by atoms with Crippen LogP contribution < -0.4 is 5.73 Å². The molecule has 3 nitrogen and oxygen atoms in total. The fourth-order valence-electron chi connectivity index (χ4n) is 1.64. The SMILES string of the molecule is Cn1ncc(-c2ccc(Cl)cc2Cl)c1CN. The molecule has 2 aromatic rings. The van der Waals surface area contributed by atoms with Gasteiger partial charge in [0.25, 0.3) is 0 Å². The molecule has 0 amide bonds. The third-order valence-electron chi connectivity index (χ3n) is 2.48. The average molecular weight is 256 g/mol. The van der Waals surface area contributed by atoms with E-state index in [0.29, 0.717) is 16.6 Å². The first kappa shape index (κ1) is 11.5. The van der Waals surface area contributed by atoms with E-state index in [9.17, 15) is 0 Å². The molecular weight excluding hydrogens is 245 g/mol. The van der Waals surface area contributed by atoms with Crippen LogP contribution >= 0.6 is 23.2 Å². The minimum atomic E-state index is 0.421. The lowest BCUT2D eigenvalue weighted by atomic mass is 10.1. The van der Waals surface area contributed by atoms with Crippen molar-refractivity contribution in [2.75, 3.05) is 0 Å². The summed E-state index contributed by atoms with van der Waals surface area (Å²) in [4.78, 5) is 0. The highest BCUT2D eigenvalue weighted by molar-refractivity contribution is 6.36. The second-order valence-electron chi connectivity index (χ2n) is 3.46. The van der Waals surface area contributed by atoms with Gasteiger partial charge in [-0.3, -0.25) is 4.68 Å². The number of halogens is 2. The zero-order chi connectivity index (χ0) is 11.7. The van der Waals surface area contributed by atoms with Crippen LogP contribution in [0.15, 0.2) is 24.4 Å². The summed E-state index contributed by atoms with van der Waals surface area (Å²) >= 11 is 12.0. The van der Waals surface area contributed by atoms with E-state index in [1.54, 1.807) is 23.0 Å². The molecule has 84 valence electrons. The quantitative estimate of drug-likeness (QED) is 0.897. The van der Waals surface area contributed by atoms with E-state index in [2.05, 4.69) is 5.10 Å². The molecule has 1 heterocycles. The first-order valence-corrected chi connectivity index (χ1v) is 5.55. The van der Waals surface area contributed by atoms with Crippen LogP contribution in [0.2, 0.25) is 10.0 Å². The predicted molar refractivity (Wildman–Crippen MR) is 66.6 cm³/mol. The Bertz CT molecular complexity index is 520. The molecular formula is C11H11Cl2N3. The van der Waals surface area contributed by atoms with Gasteiger partial charge in [0.1, 0.15) is 0 Å². The molecule has 0 unspecified atom stereocenters. The lowest BCUT2D eigenvalue weighted by Gasteiger charge is -2.06. The molecule has 2 rings (SSSR count). The van der Waals surface area contributed by atoms with Crippen molar-refractivity contribution in [1.29, 1.82) is 0 Å². The first-order valence-electron chi connectivity index (χ1n) is 4.80. The van der Waals surface area contributed by atoms with Gasteiger partial charge >= 0.3 is 0 Å². The largest absolute Gasteiger partial charge is 0.325 e. The number of aromatic nitrogens is 2. The number of rotatable bonds is 2.